The van der Waals surface area contributed by atoms with Gasteiger partial charge < -0.3 is 10.6 Å². The van der Waals surface area contributed by atoms with Crippen LogP contribution in [0.1, 0.15) is 20.3 Å². The molecule has 0 aliphatic carbocycles. The molecule has 1 rings (SSSR count). The first-order valence-corrected chi connectivity index (χ1v) is 9.36. The number of nitrogens with zero attached hydrogens (tertiary/aromatic N) is 1. The fourth-order valence-electron chi connectivity index (χ4n) is 1.79. The molecule has 0 saturated heterocycles. The molecule has 0 aliphatic rings. The van der Waals surface area contributed by atoms with Crippen LogP contribution >= 0.6 is 12.2 Å². The van der Waals surface area contributed by atoms with Gasteiger partial charge in [0.25, 0.3) is 5.69 Å². The second-order valence-electron chi connectivity index (χ2n) is 5.46. The fourth-order valence-corrected chi connectivity index (χ4v) is 2.61. The molecule has 144 valence electrons. The summed E-state index contributed by atoms with van der Waals surface area (Å²) in [5, 5.41) is 21.9. The first-order chi connectivity index (χ1) is 12.0. The molecular weight excluding hydrogens is 384 g/mol. The first kappa shape index (κ1) is 21.5. The number of hydrazine groups is 1. The van der Waals surface area contributed by atoms with Gasteiger partial charge in [0, 0.05) is 25.1 Å². The molecule has 0 radical (unpaired) electrons. The lowest BCUT2D eigenvalue weighted by atomic mass is 10.2. The number of hydrogen-bond donors (Lipinski definition) is 5. The van der Waals surface area contributed by atoms with Crippen LogP contribution in [0.2, 0.25) is 0 Å². The monoisotopic (exact) mass is 404 g/mol. The molecule has 1 aromatic rings. The van der Waals surface area contributed by atoms with Gasteiger partial charge in [0.2, 0.25) is 15.9 Å². The highest BCUT2D eigenvalue weighted by atomic mass is 32.2. The molecule has 26 heavy (non-hydrogen) atoms. The van der Waals surface area contributed by atoms with Crippen molar-refractivity contribution in [3.05, 3.63) is 28.3 Å². The number of nitrogens with one attached hydrogen (secondary N) is 4. The van der Waals surface area contributed by atoms with Crippen molar-refractivity contribution in [3.63, 3.8) is 0 Å². The average Bonchev–Trinajstić information content (AvgIpc) is 2.51. The predicted molar refractivity (Wildman–Crippen MR) is 99.7 cm³/mol. The number of sulfonamides is 1. The quantitative estimate of drug-likeness (QED) is 0.237. The molecule has 0 heterocycles. The van der Waals surface area contributed by atoms with Crippen LogP contribution in [0.5, 0.6) is 0 Å². The number of carbonyl (C=O) groups excluding carboxylic acids is 1. The van der Waals surface area contributed by atoms with Gasteiger partial charge in [-0.3, -0.25) is 25.8 Å². The third-order valence-corrected chi connectivity index (χ3v) is 4.03. The number of rotatable bonds is 7. The van der Waals surface area contributed by atoms with Crippen LogP contribution in [0, 0.1) is 10.1 Å². The number of thiocarbonyl (C=S) groups is 1. The fraction of sp³-hybridized carbons (Fsp3) is 0.385. The molecule has 0 unspecified atom stereocenters. The minimum absolute atomic E-state index is 0.00855. The van der Waals surface area contributed by atoms with E-state index in [1.807, 2.05) is 13.8 Å². The molecular formula is C13H20N6O5S2. The van der Waals surface area contributed by atoms with E-state index in [1.165, 1.54) is 6.07 Å². The molecule has 0 bridgehead atoms. The molecule has 1 aromatic carbocycles. The third kappa shape index (κ3) is 7.16. The molecule has 0 aromatic heterocycles. The van der Waals surface area contributed by atoms with Gasteiger partial charge in [-0.15, -0.1) is 0 Å². The Bertz CT molecular complexity index is 796. The van der Waals surface area contributed by atoms with Crippen LogP contribution in [0.15, 0.2) is 23.1 Å². The molecule has 1 amide bonds. The van der Waals surface area contributed by atoms with Gasteiger partial charge in [0.1, 0.15) is 5.69 Å². The van der Waals surface area contributed by atoms with E-state index in [1.54, 1.807) is 0 Å². The maximum Gasteiger partial charge on any atom is 0.293 e. The molecule has 0 fully saturated rings. The third-order valence-electron chi connectivity index (χ3n) is 2.90. The zero-order valence-corrected chi connectivity index (χ0v) is 15.7. The van der Waals surface area contributed by atoms with E-state index in [4.69, 9.17) is 17.4 Å². The number of carbonyl (C=O) groups is 1. The maximum atomic E-state index is 11.7. The number of nitrogens with two attached hydrogens (primary N) is 1. The molecule has 0 spiro atoms. The van der Waals surface area contributed by atoms with Gasteiger partial charge in [-0.05, 0) is 38.2 Å². The molecule has 6 N–H and O–H groups in total. The van der Waals surface area contributed by atoms with Gasteiger partial charge in [-0.25, -0.2) is 13.6 Å². The number of nitro benzene ring substituents is 1. The van der Waals surface area contributed by atoms with Crippen molar-refractivity contribution in [2.24, 2.45) is 5.14 Å². The smallest absolute Gasteiger partial charge is 0.293 e. The van der Waals surface area contributed by atoms with Gasteiger partial charge >= 0.3 is 0 Å². The van der Waals surface area contributed by atoms with E-state index >= 15 is 0 Å². The first-order valence-electron chi connectivity index (χ1n) is 7.41. The minimum atomic E-state index is -4.06. The molecule has 0 aliphatic heterocycles. The number of amides is 1. The summed E-state index contributed by atoms with van der Waals surface area (Å²) in [6.45, 7) is 3.84. The number of anilines is 1. The highest BCUT2D eigenvalue weighted by Crippen LogP contribution is 2.27. The van der Waals surface area contributed by atoms with E-state index in [9.17, 15) is 23.3 Å². The largest absolute Gasteiger partial charge is 0.379 e. The van der Waals surface area contributed by atoms with Gasteiger partial charge in [0.05, 0.1) is 9.82 Å². The minimum Gasteiger partial charge on any atom is -0.379 e. The van der Waals surface area contributed by atoms with Gasteiger partial charge in [-0.2, -0.15) is 0 Å². The van der Waals surface area contributed by atoms with Crippen LogP contribution in [0.3, 0.4) is 0 Å². The van der Waals surface area contributed by atoms with Crippen molar-refractivity contribution in [2.45, 2.75) is 31.2 Å². The van der Waals surface area contributed by atoms with Crippen LogP contribution < -0.4 is 26.6 Å². The summed E-state index contributed by atoms with van der Waals surface area (Å²) in [6.07, 6.45) is -0.00855. The summed E-state index contributed by atoms with van der Waals surface area (Å²) in [4.78, 5) is 21.7. The Morgan fingerprint density at radius 1 is 1.35 bits per heavy atom. The Morgan fingerprint density at radius 2 is 2.00 bits per heavy atom. The standard InChI is InChI=1S/C13H20N6O5S2/c1-8(2)16-13(25)18-17-12(20)5-6-15-10-4-3-9(26(14,23)24)7-11(10)19(21)22/h3-4,7-8,15H,5-6H2,1-2H3,(H,17,20)(H2,14,23,24)(H2,16,18,25). The highest BCUT2D eigenvalue weighted by molar-refractivity contribution is 7.89. The Hall–Kier alpha value is -2.51. The molecule has 11 nitrogen and oxygen atoms in total. The van der Waals surface area contributed by atoms with E-state index < -0.39 is 26.5 Å². The highest BCUT2D eigenvalue weighted by Gasteiger charge is 2.19. The Kier molecular flexibility index (Phi) is 7.67. The van der Waals surface area contributed by atoms with E-state index in [0.29, 0.717) is 0 Å². The summed E-state index contributed by atoms with van der Waals surface area (Å²) < 4.78 is 22.6. The normalized spacial score (nSPS) is 10.9. The van der Waals surface area contributed by atoms with Crippen LogP contribution in [0.4, 0.5) is 11.4 Å². The lowest BCUT2D eigenvalue weighted by molar-refractivity contribution is -0.384. The zero-order valence-electron chi connectivity index (χ0n) is 14.1. The summed E-state index contributed by atoms with van der Waals surface area (Å²) >= 11 is 4.94. The topological polar surface area (TPSA) is 168 Å². The van der Waals surface area contributed by atoms with Crippen molar-refractivity contribution in [3.8, 4) is 0 Å². The summed E-state index contributed by atoms with van der Waals surface area (Å²) in [5.41, 5.74) is 4.51. The van der Waals surface area contributed by atoms with Crippen molar-refractivity contribution < 1.29 is 18.1 Å². The zero-order chi connectivity index (χ0) is 19.9. The number of hydrogen-bond acceptors (Lipinski definition) is 7. The van der Waals surface area contributed by atoms with E-state index in [0.717, 1.165) is 12.1 Å². The van der Waals surface area contributed by atoms with Crippen LogP contribution in [-0.4, -0.2) is 36.9 Å². The molecule has 13 heteroatoms. The predicted octanol–water partition coefficient (Wildman–Crippen LogP) is -0.0521. The summed E-state index contributed by atoms with van der Waals surface area (Å²) in [7, 11) is -4.06. The summed E-state index contributed by atoms with van der Waals surface area (Å²) in [5.74, 6) is -0.394. The van der Waals surface area contributed by atoms with Crippen molar-refractivity contribution >= 4 is 44.6 Å². The second-order valence-corrected chi connectivity index (χ2v) is 7.43. The Balaban J connectivity index is 2.61. The summed E-state index contributed by atoms with van der Waals surface area (Å²) in [6, 6.07) is 3.32. The Morgan fingerprint density at radius 3 is 2.54 bits per heavy atom. The van der Waals surface area contributed by atoms with Crippen molar-refractivity contribution in [1.29, 1.82) is 0 Å². The van der Waals surface area contributed by atoms with Crippen LogP contribution in [-0.2, 0) is 14.8 Å². The van der Waals surface area contributed by atoms with Crippen molar-refractivity contribution in [2.75, 3.05) is 11.9 Å². The number of benzene rings is 1. The van der Waals surface area contributed by atoms with Gasteiger partial charge in [-0.1, -0.05) is 0 Å². The van der Waals surface area contributed by atoms with E-state index in [2.05, 4.69) is 21.5 Å². The average molecular weight is 404 g/mol. The maximum absolute atomic E-state index is 11.7. The SMILES string of the molecule is CC(C)NC(=S)NNC(=O)CCNc1ccc(S(N)(=O)=O)cc1[N+](=O)[O-]. The second kappa shape index (κ2) is 9.26. The van der Waals surface area contributed by atoms with Gasteiger partial charge in [0.15, 0.2) is 5.11 Å². The van der Waals surface area contributed by atoms with E-state index in [-0.39, 0.29) is 34.7 Å². The van der Waals surface area contributed by atoms with Crippen LogP contribution in [0.25, 0.3) is 0 Å². The molecule has 0 atom stereocenters. The van der Waals surface area contributed by atoms with Crippen molar-refractivity contribution in [1.82, 2.24) is 16.2 Å². The lowest BCUT2D eigenvalue weighted by Gasteiger charge is -2.14. The lowest BCUT2D eigenvalue weighted by Crippen LogP contribution is -2.48. The number of primary sulfonamides is 1. The Labute approximate surface area is 155 Å². The molecule has 0 saturated carbocycles. The number of nitro groups is 1.